The van der Waals surface area contributed by atoms with Gasteiger partial charge in [0.1, 0.15) is 16.1 Å². The van der Waals surface area contributed by atoms with Gasteiger partial charge in [0.25, 0.3) is 10.0 Å². The standard InChI is InChI=1S/C18H26N2O2SSi2/c1-16-8-10-18(11-9-16)23(21,22)20-19-17(12-14-24(2,3)4)13-15-25(5,6)7/h8-11,20H,1-7H3. The van der Waals surface area contributed by atoms with Crippen molar-refractivity contribution in [2.45, 2.75) is 51.1 Å². The summed E-state index contributed by atoms with van der Waals surface area (Å²) in [6, 6.07) is 6.59. The molecular formula is C18H26N2O2SSi2. The molecule has 1 N–H and O–H groups in total. The van der Waals surface area contributed by atoms with E-state index in [4.69, 9.17) is 0 Å². The monoisotopic (exact) mass is 390 g/mol. The number of hydrazone groups is 1. The minimum Gasteiger partial charge on any atom is -0.200 e. The number of aryl methyl sites for hydroxylation is 1. The molecule has 25 heavy (non-hydrogen) atoms. The molecule has 0 aliphatic heterocycles. The third-order valence-corrected chi connectivity index (χ3v) is 5.70. The Morgan fingerprint density at radius 2 is 1.36 bits per heavy atom. The van der Waals surface area contributed by atoms with Crippen molar-refractivity contribution in [1.82, 2.24) is 4.83 Å². The van der Waals surface area contributed by atoms with Crippen molar-refractivity contribution in [3.8, 4) is 22.9 Å². The van der Waals surface area contributed by atoms with E-state index < -0.39 is 26.2 Å². The Bertz CT molecular complexity index is 834. The largest absolute Gasteiger partial charge is 0.276 e. The molecule has 1 aromatic carbocycles. The van der Waals surface area contributed by atoms with Crippen LogP contribution in [0.1, 0.15) is 5.56 Å². The van der Waals surface area contributed by atoms with Gasteiger partial charge in [-0.05, 0) is 30.9 Å². The van der Waals surface area contributed by atoms with Gasteiger partial charge in [-0.1, -0.05) is 57.0 Å². The minimum absolute atomic E-state index is 0.164. The number of sulfonamides is 1. The second-order valence-corrected chi connectivity index (χ2v) is 19.0. The van der Waals surface area contributed by atoms with Crippen molar-refractivity contribution in [2.24, 2.45) is 5.10 Å². The molecular weight excluding hydrogens is 364 g/mol. The van der Waals surface area contributed by atoms with Crippen LogP contribution in [-0.2, 0) is 10.0 Å². The summed E-state index contributed by atoms with van der Waals surface area (Å²) in [4.78, 5) is 2.42. The molecule has 1 aromatic rings. The first kappa shape index (κ1) is 21.2. The molecule has 0 fully saturated rings. The molecule has 0 aliphatic rings. The Balaban J connectivity index is 3.18. The first-order chi connectivity index (χ1) is 11.3. The van der Waals surface area contributed by atoms with E-state index in [-0.39, 0.29) is 10.6 Å². The summed E-state index contributed by atoms with van der Waals surface area (Å²) >= 11 is 0. The Labute approximate surface area is 154 Å². The van der Waals surface area contributed by atoms with Crippen LogP contribution in [-0.4, -0.2) is 30.3 Å². The summed E-state index contributed by atoms with van der Waals surface area (Å²) in [6.07, 6.45) is 0. The molecule has 0 amide bonds. The van der Waals surface area contributed by atoms with Crippen molar-refractivity contribution in [3.05, 3.63) is 29.8 Å². The van der Waals surface area contributed by atoms with Gasteiger partial charge in [0, 0.05) is 0 Å². The van der Waals surface area contributed by atoms with E-state index in [1.807, 2.05) is 6.92 Å². The number of rotatable bonds is 3. The van der Waals surface area contributed by atoms with Crippen LogP contribution in [0.4, 0.5) is 0 Å². The van der Waals surface area contributed by atoms with Gasteiger partial charge in [0.15, 0.2) is 5.71 Å². The average molecular weight is 391 g/mol. The fourth-order valence-corrected chi connectivity index (χ4v) is 3.25. The van der Waals surface area contributed by atoms with Gasteiger partial charge in [0.2, 0.25) is 0 Å². The molecule has 0 saturated heterocycles. The summed E-state index contributed by atoms with van der Waals surface area (Å²) in [7, 11) is -6.96. The number of hydrogen-bond donors (Lipinski definition) is 1. The molecule has 0 aliphatic carbocycles. The van der Waals surface area contributed by atoms with Crippen molar-refractivity contribution >= 4 is 31.9 Å². The number of benzene rings is 1. The summed E-state index contributed by atoms with van der Waals surface area (Å²) in [6.45, 7) is 14.6. The zero-order valence-electron chi connectivity index (χ0n) is 16.0. The van der Waals surface area contributed by atoms with Gasteiger partial charge in [-0.3, -0.25) is 0 Å². The van der Waals surface area contributed by atoms with Gasteiger partial charge >= 0.3 is 0 Å². The molecule has 0 bridgehead atoms. The molecule has 134 valence electrons. The topological polar surface area (TPSA) is 58.5 Å². The van der Waals surface area contributed by atoms with Crippen molar-refractivity contribution in [1.29, 1.82) is 0 Å². The molecule has 0 spiro atoms. The van der Waals surface area contributed by atoms with Crippen LogP contribution in [0.5, 0.6) is 0 Å². The van der Waals surface area contributed by atoms with Crippen LogP contribution in [0.15, 0.2) is 34.3 Å². The third kappa shape index (κ3) is 8.73. The smallest absolute Gasteiger partial charge is 0.200 e. The van der Waals surface area contributed by atoms with Crippen LogP contribution >= 0.6 is 0 Å². The van der Waals surface area contributed by atoms with Crippen LogP contribution in [0.3, 0.4) is 0 Å². The Morgan fingerprint density at radius 3 is 1.76 bits per heavy atom. The Hall–Kier alpha value is -1.81. The Kier molecular flexibility index (Phi) is 6.84. The number of nitrogens with zero attached hydrogens (tertiary/aromatic N) is 1. The van der Waals surface area contributed by atoms with E-state index in [1.165, 1.54) is 0 Å². The number of hydrogen-bond acceptors (Lipinski definition) is 3. The maximum Gasteiger partial charge on any atom is 0.276 e. The first-order valence-electron chi connectivity index (χ1n) is 8.01. The summed E-state index contributed by atoms with van der Waals surface area (Å²) in [5.74, 6) is 5.90. The van der Waals surface area contributed by atoms with E-state index >= 15 is 0 Å². The van der Waals surface area contributed by atoms with Gasteiger partial charge < -0.3 is 0 Å². The van der Waals surface area contributed by atoms with E-state index in [9.17, 15) is 8.42 Å². The minimum atomic E-state index is -3.73. The molecule has 0 saturated carbocycles. The van der Waals surface area contributed by atoms with Gasteiger partial charge in [-0.2, -0.15) is 13.2 Å². The second kappa shape index (κ2) is 8.05. The maximum absolute atomic E-state index is 12.4. The quantitative estimate of drug-likeness (QED) is 0.372. The summed E-state index contributed by atoms with van der Waals surface area (Å²) < 4.78 is 24.7. The van der Waals surface area contributed by atoms with Crippen molar-refractivity contribution in [3.63, 3.8) is 0 Å². The van der Waals surface area contributed by atoms with E-state index in [1.54, 1.807) is 24.3 Å². The van der Waals surface area contributed by atoms with Gasteiger partial charge in [-0.15, -0.1) is 16.2 Å². The first-order valence-corrected chi connectivity index (χ1v) is 16.5. The zero-order valence-corrected chi connectivity index (χ0v) is 18.8. The SMILES string of the molecule is Cc1ccc(S(=O)(=O)NN=C(C#C[Si](C)(C)C)C#C[Si](C)(C)C)cc1. The normalized spacial score (nSPS) is 11.5. The maximum atomic E-state index is 12.4. The fraction of sp³-hybridized carbons (Fsp3) is 0.389. The molecule has 0 aromatic heterocycles. The van der Waals surface area contributed by atoms with Crippen LogP contribution in [0.25, 0.3) is 0 Å². The molecule has 0 unspecified atom stereocenters. The van der Waals surface area contributed by atoms with E-state index in [0.717, 1.165) is 5.56 Å². The highest BCUT2D eigenvalue weighted by Crippen LogP contribution is 2.09. The molecule has 0 heterocycles. The molecule has 7 heteroatoms. The lowest BCUT2D eigenvalue weighted by Gasteiger charge is -2.06. The molecule has 0 radical (unpaired) electrons. The highest BCUT2D eigenvalue weighted by Gasteiger charge is 2.13. The molecule has 4 nitrogen and oxygen atoms in total. The summed E-state index contributed by atoms with van der Waals surface area (Å²) in [5.41, 5.74) is 7.61. The lowest BCUT2D eigenvalue weighted by molar-refractivity contribution is 0.584. The number of nitrogens with one attached hydrogen (secondary N) is 1. The van der Waals surface area contributed by atoms with E-state index in [2.05, 4.69) is 72.1 Å². The van der Waals surface area contributed by atoms with Crippen LogP contribution < -0.4 is 4.83 Å². The van der Waals surface area contributed by atoms with Crippen molar-refractivity contribution < 1.29 is 8.42 Å². The van der Waals surface area contributed by atoms with E-state index in [0.29, 0.717) is 0 Å². The lowest BCUT2D eigenvalue weighted by Crippen LogP contribution is -2.21. The van der Waals surface area contributed by atoms with Crippen molar-refractivity contribution in [2.75, 3.05) is 0 Å². The van der Waals surface area contributed by atoms with Crippen LogP contribution in [0.2, 0.25) is 39.3 Å². The molecule has 1 rings (SSSR count). The highest BCUT2D eigenvalue weighted by molar-refractivity contribution is 7.89. The summed E-state index contributed by atoms with van der Waals surface area (Å²) in [5, 5.41) is 3.98. The highest BCUT2D eigenvalue weighted by atomic mass is 32.2. The lowest BCUT2D eigenvalue weighted by atomic mass is 10.2. The second-order valence-electron chi connectivity index (χ2n) is 7.87. The van der Waals surface area contributed by atoms with Crippen LogP contribution in [0, 0.1) is 29.9 Å². The predicted molar refractivity (Wildman–Crippen MR) is 111 cm³/mol. The zero-order chi connectivity index (χ0) is 19.3. The third-order valence-electron chi connectivity index (χ3n) is 2.72. The van der Waals surface area contributed by atoms with Gasteiger partial charge in [-0.25, -0.2) is 0 Å². The fourth-order valence-electron chi connectivity index (χ4n) is 1.46. The van der Waals surface area contributed by atoms with Gasteiger partial charge in [0.05, 0.1) is 4.90 Å². The molecule has 0 atom stereocenters. The Morgan fingerprint density at radius 1 is 0.920 bits per heavy atom. The average Bonchev–Trinajstić information content (AvgIpc) is 2.44. The predicted octanol–water partition coefficient (Wildman–Crippen LogP) is 3.39.